The van der Waals surface area contributed by atoms with Crippen LogP contribution < -0.4 is 0 Å². The number of rotatable bonds is 15. The average molecular weight is 697 g/mol. The van der Waals surface area contributed by atoms with Gasteiger partial charge in [-0.2, -0.15) is 46.2 Å². The quantitative estimate of drug-likeness (QED) is 0.127. The van der Waals surface area contributed by atoms with E-state index in [-0.39, 0.29) is 6.42 Å². The van der Waals surface area contributed by atoms with Gasteiger partial charge in [-0.1, -0.05) is 86.1 Å². The molecule has 240 valence electrons. The van der Waals surface area contributed by atoms with Gasteiger partial charge in [-0.15, -0.1) is 0 Å². The lowest BCUT2D eigenvalue weighted by Gasteiger charge is -2.36. The second-order valence-corrected chi connectivity index (χ2v) is 15.5. The van der Waals surface area contributed by atoms with Crippen LogP contribution in [0.1, 0.15) is 19.8 Å². The third-order valence-electron chi connectivity index (χ3n) is 5.99. The molecule has 4 aromatic carbocycles. The fraction of sp³-hybridized carbons (Fsp3) is 0.172. The molecule has 0 fully saturated rings. The lowest BCUT2D eigenvalue weighted by molar-refractivity contribution is -0.290. The predicted molar refractivity (Wildman–Crippen MR) is 160 cm³/mol. The summed E-state index contributed by atoms with van der Waals surface area (Å²) >= 11 is 0. The minimum Gasteiger partial charge on any atom is -0.254 e. The van der Waals surface area contributed by atoms with E-state index in [1.54, 1.807) is 0 Å². The molecule has 0 aliphatic rings. The minimum atomic E-state index is -5.16. The summed E-state index contributed by atoms with van der Waals surface area (Å²) in [5.41, 5.74) is 0. The molecule has 1 atom stereocenters. The molecule has 4 aromatic rings. The van der Waals surface area contributed by atoms with Gasteiger partial charge in [0.15, 0.2) is 6.10 Å². The van der Waals surface area contributed by atoms with Gasteiger partial charge in [0.05, 0.1) is 19.6 Å². The highest BCUT2D eigenvalue weighted by atomic mass is 32.2. The van der Waals surface area contributed by atoms with E-state index >= 15 is 0 Å². The first kappa shape index (κ1) is 34.4. The van der Waals surface area contributed by atoms with Gasteiger partial charge in [0.25, 0.3) is 10.1 Å². The van der Waals surface area contributed by atoms with Crippen molar-refractivity contribution in [1.29, 1.82) is 0 Å². The molecule has 16 heteroatoms. The molecule has 4 rings (SSSR count). The summed E-state index contributed by atoms with van der Waals surface area (Å²) in [6.45, 7) is 1.51. The Morgan fingerprint density at radius 2 is 0.733 bits per heavy atom. The second-order valence-electron chi connectivity index (χ2n) is 9.30. The molecule has 0 aromatic heterocycles. The summed E-state index contributed by atoms with van der Waals surface area (Å²) in [6.07, 6.45) is -2.90. The van der Waals surface area contributed by atoms with Crippen molar-refractivity contribution in [3.63, 3.8) is 0 Å². The standard InChI is InChI=1S/C29H28O12S4/c1-2-15-28(38-42(30,31)24-16-7-3-8-17-24)29(39-43(32,33)25-18-9-4-10-19-25,40-44(34,35)26-20-11-5-12-21-26)41-45(36,37)27-22-13-6-14-23-27/h3-14,16-23,28H,2,15H2,1H3. The Hall–Kier alpha value is -3.48. The summed E-state index contributed by atoms with van der Waals surface area (Å²) < 4.78 is 130. The Balaban J connectivity index is 2.00. The Kier molecular flexibility index (Phi) is 10.6. The number of hydrogen-bond donors (Lipinski definition) is 0. The van der Waals surface area contributed by atoms with Crippen LogP contribution in [-0.2, 0) is 57.2 Å². The molecule has 0 heterocycles. The zero-order valence-electron chi connectivity index (χ0n) is 23.6. The third-order valence-corrected chi connectivity index (χ3v) is 11.2. The molecule has 0 N–H and O–H groups in total. The van der Waals surface area contributed by atoms with Crippen molar-refractivity contribution >= 4 is 40.5 Å². The molecule has 0 aliphatic carbocycles. The Morgan fingerprint density at radius 3 is 1.00 bits per heavy atom. The summed E-state index contributed by atoms with van der Waals surface area (Å²) in [4.78, 5) is -2.09. The van der Waals surface area contributed by atoms with Gasteiger partial charge in [0.1, 0.15) is 0 Å². The molecule has 0 spiro atoms. The van der Waals surface area contributed by atoms with Crippen LogP contribution in [0.5, 0.6) is 0 Å². The molecule has 0 saturated carbocycles. The first-order chi connectivity index (χ1) is 21.2. The largest absolute Gasteiger partial charge is 0.356 e. The fourth-order valence-corrected chi connectivity index (χ4v) is 8.36. The van der Waals surface area contributed by atoms with Crippen LogP contribution in [0.15, 0.2) is 141 Å². The molecule has 0 saturated heterocycles. The van der Waals surface area contributed by atoms with Crippen LogP contribution in [0.3, 0.4) is 0 Å². The van der Waals surface area contributed by atoms with Crippen LogP contribution >= 0.6 is 0 Å². The van der Waals surface area contributed by atoms with E-state index in [1.807, 2.05) is 0 Å². The monoisotopic (exact) mass is 696 g/mol. The highest BCUT2D eigenvalue weighted by Gasteiger charge is 2.56. The maximum atomic E-state index is 13.7. The van der Waals surface area contributed by atoms with Gasteiger partial charge >= 0.3 is 36.3 Å². The van der Waals surface area contributed by atoms with Crippen molar-refractivity contribution < 1.29 is 50.4 Å². The van der Waals surface area contributed by atoms with Crippen molar-refractivity contribution in [2.24, 2.45) is 0 Å². The first-order valence-electron chi connectivity index (χ1n) is 13.2. The van der Waals surface area contributed by atoms with Gasteiger partial charge in [-0.3, -0.25) is 4.18 Å². The summed E-state index contributed by atoms with van der Waals surface area (Å²) in [7, 11) is -20.3. The van der Waals surface area contributed by atoms with Crippen LogP contribution in [-0.4, -0.2) is 45.7 Å². The normalized spacial score (nSPS) is 13.7. The summed E-state index contributed by atoms with van der Waals surface area (Å²) in [6, 6.07) is 25.4. The lowest BCUT2D eigenvalue weighted by Crippen LogP contribution is -2.54. The highest BCUT2D eigenvalue weighted by Crippen LogP contribution is 2.38. The van der Waals surface area contributed by atoms with Crippen LogP contribution in [0.25, 0.3) is 0 Å². The Morgan fingerprint density at radius 1 is 0.467 bits per heavy atom. The van der Waals surface area contributed by atoms with Gasteiger partial charge in [-0.25, -0.2) is 0 Å². The van der Waals surface area contributed by atoms with Gasteiger partial charge in [0.2, 0.25) is 0 Å². The Labute approximate surface area is 262 Å². The maximum absolute atomic E-state index is 13.7. The van der Waals surface area contributed by atoms with E-state index in [0.29, 0.717) is 0 Å². The van der Waals surface area contributed by atoms with Crippen LogP contribution in [0.4, 0.5) is 0 Å². The van der Waals surface area contributed by atoms with Crippen LogP contribution in [0, 0.1) is 0 Å². The second kappa shape index (κ2) is 13.9. The first-order valence-corrected chi connectivity index (χ1v) is 18.8. The molecule has 0 radical (unpaired) electrons. The summed E-state index contributed by atoms with van der Waals surface area (Å²) in [5, 5.41) is 0. The van der Waals surface area contributed by atoms with E-state index in [2.05, 4.69) is 0 Å². The van der Waals surface area contributed by atoms with E-state index in [1.165, 1.54) is 79.7 Å². The minimum absolute atomic E-state index is 0.0189. The van der Waals surface area contributed by atoms with Crippen molar-refractivity contribution in [2.75, 3.05) is 0 Å². The molecule has 45 heavy (non-hydrogen) atoms. The van der Waals surface area contributed by atoms with Gasteiger partial charge in [-0.05, 0) is 55.0 Å². The SMILES string of the molecule is CCCC(OS(=O)(=O)c1ccccc1)C(OS(=O)(=O)c1ccccc1)(OS(=O)(=O)c1ccccc1)OS(=O)(=O)c1ccccc1. The van der Waals surface area contributed by atoms with E-state index in [9.17, 15) is 33.7 Å². The molecule has 1 unspecified atom stereocenters. The van der Waals surface area contributed by atoms with Crippen molar-refractivity contribution in [1.82, 2.24) is 0 Å². The smallest absolute Gasteiger partial charge is 0.254 e. The zero-order chi connectivity index (χ0) is 32.8. The molecule has 0 bridgehead atoms. The fourth-order valence-electron chi connectivity index (χ4n) is 3.91. The predicted octanol–water partition coefficient (Wildman–Crippen LogP) is 4.43. The number of hydrogen-bond acceptors (Lipinski definition) is 12. The molecule has 0 aliphatic heterocycles. The molecule has 12 nitrogen and oxygen atoms in total. The highest BCUT2D eigenvalue weighted by molar-refractivity contribution is 7.88. The third kappa shape index (κ3) is 8.42. The van der Waals surface area contributed by atoms with Crippen molar-refractivity contribution in [3.8, 4) is 0 Å². The van der Waals surface area contributed by atoms with Gasteiger partial charge < -0.3 is 0 Å². The van der Waals surface area contributed by atoms with Crippen molar-refractivity contribution in [3.05, 3.63) is 121 Å². The van der Waals surface area contributed by atoms with Gasteiger partial charge in [0, 0.05) is 0 Å². The van der Waals surface area contributed by atoms with Crippen molar-refractivity contribution in [2.45, 2.75) is 51.4 Å². The zero-order valence-corrected chi connectivity index (χ0v) is 26.8. The molecule has 0 amide bonds. The Bertz CT molecular complexity index is 1830. The maximum Gasteiger partial charge on any atom is 0.356 e. The lowest BCUT2D eigenvalue weighted by atomic mass is 10.2. The topological polar surface area (TPSA) is 173 Å². The average Bonchev–Trinajstić information content (AvgIpc) is 3.02. The van der Waals surface area contributed by atoms with E-state index in [4.69, 9.17) is 16.7 Å². The van der Waals surface area contributed by atoms with E-state index in [0.717, 1.165) is 48.5 Å². The molecular weight excluding hydrogens is 669 g/mol. The van der Waals surface area contributed by atoms with Crippen LogP contribution in [0.2, 0.25) is 0 Å². The number of benzene rings is 4. The molecular formula is C29H28O12S4. The summed E-state index contributed by atoms with van der Waals surface area (Å²) in [5.74, 6) is -3.80. The van der Waals surface area contributed by atoms with E-state index < -0.39 is 78.6 Å².